The zero-order valence-corrected chi connectivity index (χ0v) is 12.8. The van der Waals surface area contributed by atoms with E-state index in [1.54, 1.807) is 16.8 Å². The van der Waals surface area contributed by atoms with Gasteiger partial charge in [0.15, 0.2) is 0 Å². The molecule has 1 aromatic carbocycles. The molecule has 108 valence electrons. The molecule has 0 radical (unpaired) electrons. The van der Waals surface area contributed by atoms with Crippen molar-refractivity contribution in [3.8, 4) is 0 Å². The standard InChI is InChI=1S/C14H16Cl2FN3/c1-3-20-12(13(16)8(2)19-20)7-11(18)9-5-4-6-10(15)14(9)17/h4-6,11H,3,7,18H2,1-2H3. The van der Waals surface area contributed by atoms with Crippen LogP contribution >= 0.6 is 23.2 Å². The molecule has 2 aromatic rings. The van der Waals surface area contributed by atoms with E-state index >= 15 is 0 Å². The molecule has 1 atom stereocenters. The summed E-state index contributed by atoms with van der Waals surface area (Å²) < 4.78 is 15.8. The SMILES string of the molecule is CCn1nc(C)c(Cl)c1CC(N)c1cccc(Cl)c1F. The van der Waals surface area contributed by atoms with E-state index < -0.39 is 11.9 Å². The first-order valence-electron chi connectivity index (χ1n) is 6.37. The number of nitrogens with two attached hydrogens (primary N) is 1. The van der Waals surface area contributed by atoms with Gasteiger partial charge in [-0.05, 0) is 19.9 Å². The van der Waals surface area contributed by atoms with Gasteiger partial charge in [-0.2, -0.15) is 5.10 Å². The fraction of sp³-hybridized carbons (Fsp3) is 0.357. The van der Waals surface area contributed by atoms with Crippen LogP contribution in [-0.4, -0.2) is 9.78 Å². The summed E-state index contributed by atoms with van der Waals surface area (Å²) in [6, 6.07) is 4.30. The van der Waals surface area contributed by atoms with Gasteiger partial charge in [0.1, 0.15) is 5.82 Å². The van der Waals surface area contributed by atoms with E-state index in [2.05, 4.69) is 5.10 Å². The smallest absolute Gasteiger partial charge is 0.146 e. The van der Waals surface area contributed by atoms with Crippen molar-refractivity contribution in [2.45, 2.75) is 32.9 Å². The lowest BCUT2D eigenvalue weighted by Crippen LogP contribution is -2.17. The number of hydrogen-bond donors (Lipinski definition) is 1. The second kappa shape index (κ2) is 6.12. The topological polar surface area (TPSA) is 43.8 Å². The van der Waals surface area contributed by atoms with Gasteiger partial charge in [-0.3, -0.25) is 4.68 Å². The maximum Gasteiger partial charge on any atom is 0.146 e. The predicted octanol–water partition coefficient (Wildman–Crippen LogP) is 3.90. The Hall–Kier alpha value is -1.10. The summed E-state index contributed by atoms with van der Waals surface area (Å²) in [7, 11) is 0. The van der Waals surface area contributed by atoms with Crippen molar-refractivity contribution in [2.24, 2.45) is 5.73 Å². The number of hydrogen-bond acceptors (Lipinski definition) is 2. The first kappa shape index (κ1) is 15.3. The number of halogens is 3. The second-order valence-electron chi connectivity index (χ2n) is 4.62. The number of aromatic nitrogens is 2. The molecule has 1 unspecified atom stereocenters. The van der Waals surface area contributed by atoms with Crippen molar-refractivity contribution in [1.29, 1.82) is 0 Å². The molecule has 0 amide bonds. The maximum atomic E-state index is 14.0. The average Bonchev–Trinajstić information content (AvgIpc) is 2.69. The van der Waals surface area contributed by atoms with E-state index in [1.807, 2.05) is 13.8 Å². The lowest BCUT2D eigenvalue weighted by molar-refractivity contribution is 0.555. The van der Waals surface area contributed by atoms with Gasteiger partial charge in [0, 0.05) is 24.6 Å². The minimum absolute atomic E-state index is 0.0734. The fourth-order valence-corrected chi connectivity index (χ4v) is 2.58. The minimum atomic E-state index is -0.521. The molecule has 1 heterocycles. The van der Waals surface area contributed by atoms with Crippen LogP contribution < -0.4 is 5.73 Å². The molecule has 0 bridgehead atoms. The number of nitrogens with zero attached hydrogens (tertiary/aromatic N) is 2. The van der Waals surface area contributed by atoms with Gasteiger partial charge in [-0.15, -0.1) is 0 Å². The summed E-state index contributed by atoms with van der Waals surface area (Å²) in [4.78, 5) is 0. The van der Waals surface area contributed by atoms with E-state index in [0.717, 1.165) is 11.4 Å². The Kier molecular flexibility index (Phi) is 4.68. The first-order chi connectivity index (χ1) is 9.45. The predicted molar refractivity (Wildman–Crippen MR) is 79.7 cm³/mol. The van der Waals surface area contributed by atoms with Gasteiger partial charge >= 0.3 is 0 Å². The Morgan fingerprint density at radius 1 is 1.40 bits per heavy atom. The molecule has 0 saturated heterocycles. The molecule has 0 aliphatic carbocycles. The third-order valence-corrected chi connectivity index (χ3v) is 4.03. The summed E-state index contributed by atoms with van der Waals surface area (Å²) in [6.45, 7) is 4.49. The minimum Gasteiger partial charge on any atom is -0.324 e. The van der Waals surface area contributed by atoms with Crippen molar-refractivity contribution < 1.29 is 4.39 Å². The van der Waals surface area contributed by atoms with Gasteiger partial charge in [-0.1, -0.05) is 35.3 Å². The second-order valence-corrected chi connectivity index (χ2v) is 5.40. The molecular formula is C14H16Cl2FN3. The third-order valence-electron chi connectivity index (χ3n) is 3.25. The summed E-state index contributed by atoms with van der Waals surface area (Å²) in [5, 5.41) is 4.99. The van der Waals surface area contributed by atoms with Crippen molar-refractivity contribution in [3.05, 3.63) is 51.0 Å². The van der Waals surface area contributed by atoms with Gasteiger partial charge in [0.2, 0.25) is 0 Å². The van der Waals surface area contributed by atoms with Crippen LogP contribution in [0.15, 0.2) is 18.2 Å². The van der Waals surface area contributed by atoms with Crippen molar-refractivity contribution in [2.75, 3.05) is 0 Å². The molecule has 2 N–H and O–H groups in total. The van der Waals surface area contributed by atoms with Crippen LogP contribution in [-0.2, 0) is 13.0 Å². The Morgan fingerprint density at radius 2 is 2.10 bits per heavy atom. The largest absolute Gasteiger partial charge is 0.324 e. The highest BCUT2D eigenvalue weighted by Gasteiger charge is 2.19. The molecule has 0 aliphatic rings. The van der Waals surface area contributed by atoms with E-state index in [1.165, 1.54) is 6.07 Å². The molecule has 3 nitrogen and oxygen atoms in total. The lowest BCUT2D eigenvalue weighted by atomic mass is 10.0. The van der Waals surface area contributed by atoms with Crippen LogP contribution in [0, 0.1) is 12.7 Å². The first-order valence-corrected chi connectivity index (χ1v) is 7.12. The summed E-state index contributed by atoms with van der Waals surface area (Å²) in [6.07, 6.45) is 0.408. The summed E-state index contributed by atoms with van der Waals surface area (Å²) >= 11 is 12.0. The van der Waals surface area contributed by atoms with E-state index in [-0.39, 0.29) is 5.02 Å². The molecule has 0 spiro atoms. The quantitative estimate of drug-likeness (QED) is 0.929. The number of benzene rings is 1. The highest BCUT2D eigenvalue weighted by atomic mass is 35.5. The van der Waals surface area contributed by atoms with Gasteiger partial charge < -0.3 is 5.73 Å². The molecule has 20 heavy (non-hydrogen) atoms. The molecule has 0 fully saturated rings. The fourth-order valence-electron chi connectivity index (χ4n) is 2.19. The zero-order chi connectivity index (χ0) is 14.9. The monoisotopic (exact) mass is 315 g/mol. The van der Waals surface area contributed by atoms with Gasteiger partial charge in [0.05, 0.1) is 21.4 Å². The highest BCUT2D eigenvalue weighted by molar-refractivity contribution is 6.32. The Bertz CT molecular complexity index is 625. The highest BCUT2D eigenvalue weighted by Crippen LogP contribution is 2.28. The molecule has 6 heteroatoms. The van der Waals surface area contributed by atoms with Crippen molar-refractivity contribution >= 4 is 23.2 Å². The Balaban J connectivity index is 2.32. The van der Waals surface area contributed by atoms with Crippen LogP contribution in [0.25, 0.3) is 0 Å². The van der Waals surface area contributed by atoms with E-state index in [0.29, 0.717) is 23.6 Å². The van der Waals surface area contributed by atoms with E-state index in [9.17, 15) is 4.39 Å². The van der Waals surface area contributed by atoms with Crippen LogP contribution in [0.5, 0.6) is 0 Å². The maximum absolute atomic E-state index is 14.0. The molecule has 0 aliphatic heterocycles. The van der Waals surface area contributed by atoms with Crippen LogP contribution in [0.1, 0.15) is 29.9 Å². The normalized spacial score (nSPS) is 12.7. The number of rotatable bonds is 4. The van der Waals surface area contributed by atoms with Gasteiger partial charge in [0.25, 0.3) is 0 Å². The van der Waals surface area contributed by atoms with E-state index in [4.69, 9.17) is 28.9 Å². The van der Waals surface area contributed by atoms with Gasteiger partial charge in [-0.25, -0.2) is 4.39 Å². The summed E-state index contributed by atoms with van der Waals surface area (Å²) in [5.74, 6) is -0.475. The van der Waals surface area contributed by atoms with Crippen LogP contribution in [0.3, 0.4) is 0 Å². The Morgan fingerprint density at radius 3 is 2.75 bits per heavy atom. The lowest BCUT2D eigenvalue weighted by Gasteiger charge is -2.14. The average molecular weight is 316 g/mol. The van der Waals surface area contributed by atoms with Crippen molar-refractivity contribution in [3.63, 3.8) is 0 Å². The summed E-state index contributed by atoms with van der Waals surface area (Å²) in [5.41, 5.74) is 8.05. The third kappa shape index (κ3) is 2.82. The molecule has 1 aromatic heterocycles. The van der Waals surface area contributed by atoms with Crippen molar-refractivity contribution in [1.82, 2.24) is 9.78 Å². The van der Waals surface area contributed by atoms with Crippen LogP contribution in [0.4, 0.5) is 4.39 Å². The zero-order valence-electron chi connectivity index (χ0n) is 11.3. The Labute approximate surface area is 127 Å². The molecule has 0 saturated carbocycles. The molecular weight excluding hydrogens is 300 g/mol. The number of aryl methyl sites for hydroxylation is 2. The molecule has 2 rings (SSSR count). The van der Waals surface area contributed by atoms with Crippen LogP contribution in [0.2, 0.25) is 10.0 Å².